The van der Waals surface area contributed by atoms with Crippen LogP contribution in [0.4, 0.5) is 0 Å². The van der Waals surface area contributed by atoms with E-state index in [-0.39, 0.29) is 5.91 Å². The van der Waals surface area contributed by atoms with Gasteiger partial charge in [0.1, 0.15) is 0 Å². The number of amides is 1. The molecule has 0 radical (unpaired) electrons. The van der Waals surface area contributed by atoms with E-state index >= 15 is 0 Å². The predicted molar refractivity (Wildman–Crippen MR) is 112 cm³/mol. The second kappa shape index (κ2) is 10.7. The number of nitrogens with zero attached hydrogens (tertiary/aromatic N) is 2. The van der Waals surface area contributed by atoms with Gasteiger partial charge in [0.15, 0.2) is 5.96 Å². The summed E-state index contributed by atoms with van der Waals surface area (Å²) >= 11 is 0. The molecule has 148 valence electrons. The maximum absolute atomic E-state index is 11.7. The Morgan fingerprint density at radius 3 is 2.70 bits per heavy atom. The highest BCUT2D eigenvalue weighted by Gasteiger charge is 2.19. The van der Waals surface area contributed by atoms with Gasteiger partial charge in [-0.15, -0.1) is 0 Å². The van der Waals surface area contributed by atoms with Crippen LogP contribution in [0.2, 0.25) is 0 Å². The van der Waals surface area contributed by atoms with Crippen molar-refractivity contribution in [3.05, 3.63) is 47.5 Å². The normalized spacial score (nSPS) is 16.0. The van der Waals surface area contributed by atoms with Crippen LogP contribution in [0.15, 0.2) is 41.4 Å². The highest BCUT2D eigenvalue weighted by molar-refractivity contribution is 5.94. The number of rotatable bonds is 7. The van der Waals surface area contributed by atoms with E-state index in [1.807, 2.05) is 24.3 Å². The van der Waals surface area contributed by atoms with Crippen LogP contribution in [0.3, 0.4) is 0 Å². The fraction of sp³-hybridized carbons (Fsp3) is 0.524. The second-order valence-electron chi connectivity index (χ2n) is 7.18. The van der Waals surface area contributed by atoms with Crippen LogP contribution in [0.5, 0.6) is 0 Å². The van der Waals surface area contributed by atoms with Crippen molar-refractivity contribution in [2.75, 3.05) is 40.3 Å². The largest absolute Gasteiger partial charge is 0.356 e. The van der Waals surface area contributed by atoms with Crippen molar-refractivity contribution in [3.63, 3.8) is 0 Å². The van der Waals surface area contributed by atoms with Crippen LogP contribution in [0, 0.1) is 0 Å². The van der Waals surface area contributed by atoms with Gasteiger partial charge in [0.25, 0.3) is 5.91 Å². The number of guanidine groups is 1. The Hall–Kier alpha value is -2.34. The van der Waals surface area contributed by atoms with E-state index in [9.17, 15) is 4.79 Å². The molecule has 0 unspecified atom stereocenters. The zero-order valence-electron chi connectivity index (χ0n) is 16.8. The Morgan fingerprint density at radius 1 is 1.33 bits per heavy atom. The van der Waals surface area contributed by atoms with Crippen LogP contribution < -0.4 is 16.0 Å². The molecule has 0 saturated carbocycles. The smallest absolute Gasteiger partial charge is 0.251 e. The molecule has 1 heterocycles. The fourth-order valence-corrected chi connectivity index (χ4v) is 3.34. The molecule has 1 aromatic rings. The summed E-state index contributed by atoms with van der Waals surface area (Å²) in [5, 5.41) is 9.57. The number of hydrogen-bond donors (Lipinski definition) is 3. The summed E-state index contributed by atoms with van der Waals surface area (Å²) in [6, 6.07) is 8.19. The number of carbonyl (C=O) groups is 1. The van der Waals surface area contributed by atoms with Gasteiger partial charge in [-0.05, 0) is 43.9 Å². The van der Waals surface area contributed by atoms with E-state index in [1.54, 1.807) is 14.1 Å². The maximum atomic E-state index is 11.7. The van der Waals surface area contributed by atoms with Gasteiger partial charge in [-0.1, -0.05) is 24.3 Å². The van der Waals surface area contributed by atoms with E-state index in [1.165, 1.54) is 5.57 Å². The summed E-state index contributed by atoms with van der Waals surface area (Å²) in [5.74, 6) is 0.788. The number of carbonyl (C=O) groups excluding carboxylic acids is 1. The van der Waals surface area contributed by atoms with Gasteiger partial charge in [-0.25, -0.2) is 0 Å². The summed E-state index contributed by atoms with van der Waals surface area (Å²) in [4.78, 5) is 18.5. The molecule has 1 aromatic carbocycles. The summed E-state index contributed by atoms with van der Waals surface area (Å²) < 4.78 is 0. The van der Waals surface area contributed by atoms with Crippen LogP contribution in [0.1, 0.15) is 35.7 Å². The van der Waals surface area contributed by atoms with Gasteiger partial charge in [0, 0.05) is 51.9 Å². The van der Waals surface area contributed by atoms with E-state index in [0.29, 0.717) is 11.6 Å². The Bertz CT molecular complexity index is 662. The molecule has 0 aromatic heterocycles. The van der Waals surface area contributed by atoms with E-state index in [0.717, 1.165) is 57.0 Å². The molecule has 0 bridgehead atoms. The molecule has 1 amide bonds. The molecule has 1 saturated heterocycles. The van der Waals surface area contributed by atoms with Gasteiger partial charge in [-0.3, -0.25) is 14.7 Å². The van der Waals surface area contributed by atoms with E-state index in [2.05, 4.69) is 39.3 Å². The first-order valence-corrected chi connectivity index (χ1v) is 9.66. The molecular weight excluding hydrogens is 338 g/mol. The minimum absolute atomic E-state index is 0.0553. The Kier molecular flexibility index (Phi) is 8.33. The first-order valence-electron chi connectivity index (χ1n) is 9.66. The molecule has 0 aliphatic carbocycles. The predicted octanol–water partition coefficient (Wildman–Crippen LogP) is 1.79. The van der Waals surface area contributed by atoms with Crippen molar-refractivity contribution in [3.8, 4) is 0 Å². The molecule has 1 aliphatic heterocycles. The first kappa shape index (κ1) is 21.0. The third kappa shape index (κ3) is 7.06. The van der Waals surface area contributed by atoms with Gasteiger partial charge < -0.3 is 16.0 Å². The Balaban J connectivity index is 1.75. The van der Waals surface area contributed by atoms with Gasteiger partial charge >= 0.3 is 0 Å². The monoisotopic (exact) mass is 371 g/mol. The third-order valence-electron chi connectivity index (χ3n) is 4.77. The number of aliphatic imine (C=N–C) groups is 1. The minimum Gasteiger partial charge on any atom is -0.356 e. The lowest BCUT2D eigenvalue weighted by atomic mass is 10.0. The standard InChI is InChI=1S/C21H33N5O/c1-16(2)15-26-12-9-19(10-13-26)25-21(23-4)24-11-8-17-6-5-7-18(14-17)20(27)22-3/h5-7,14,19H,1,8-13,15H2,2-4H3,(H,22,27)(H2,23,24,25). The van der Waals surface area contributed by atoms with Crippen LogP contribution in [-0.4, -0.2) is 63.1 Å². The van der Waals surface area contributed by atoms with Gasteiger partial charge in [0.05, 0.1) is 0 Å². The maximum Gasteiger partial charge on any atom is 0.251 e. The fourth-order valence-electron chi connectivity index (χ4n) is 3.34. The van der Waals surface area contributed by atoms with E-state index < -0.39 is 0 Å². The summed E-state index contributed by atoms with van der Waals surface area (Å²) in [5.41, 5.74) is 3.05. The van der Waals surface area contributed by atoms with Crippen molar-refractivity contribution in [1.82, 2.24) is 20.9 Å². The number of likely N-dealkylation sites (tertiary alicyclic amines) is 1. The molecule has 27 heavy (non-hydrogen) atoms. The molecular formula is C21H33N5O. The lowest BCUT2D eigenvalue weighted by Crippen LogP contribution is -2.49. The van der Waals surface area contributed by atoms with Crippen LogP contribution in [0.25, 0.3) is 0 Å². The number of piperidine rings is 1. The average molecular weight is 372 g/mol. The molecule has 6 heteroatoms. The second-order valence-corrected chi connectivity index (χ2v) is 7.18. The topological polar surface area (TPSA) is 68.8 Å². The summed E-state index contributed by atoms with van der Waals surface area (Å²) in [6.45, 7) is 10.0. The molecule has 0 spiro atoms. The zero-order valence-corrected chi connectivity index (χ0v) is 16.8. The highest BCUT2D eigenvalue weighted by Crippen LogP contribution is 2.11. The Labute approximate surface area is 163 Å². The molecule has 2 rings (SSSR count). The van der Waals surface area contributed by atoms with Crippen molar-refractivity contribution < 1.29 is 4.79 Å². The van der Waals surface area contributed by atoms with Crippen LogP contribution >= 0.6 is 0 Å². The van der Waals surface area contributed by atoms with Gasteiger partial charge in [-0.2, -0.15) is 0 Å². The van der Waals surface area contributed by atoms with Crippen molar-refractivity contribution in [2.24, 2.45) is 4.99 Å². The van der Waals surface area contributed by atoms with Crippen molar-refractivity contribution in [2.45, 2.75) is 32.2 Å². The number of benzene rings is 1. The Morgan fingerprint density at radius 2 is 2.07 bits per heavy atom. The molecule has 6 nitrogen and oxygen atoms in total. The molecule has 1 fully saturated rings. The molecule has 3 N–H and O–H groups in total. The number of hydrogen-bond acceptors (Lipinski definition) is 3. The number of nitrogens with one attached hydrogen (secondary N) is 3. The van der Waals surface area contributed by atoms with E-state index in [4.69, 9.17) is 0 Å². The zero-order chi connectivity index (χ0) is 19.6. The third-order valence-corrected chi connectivity index (χ3v) is 4.77. The first-order chi connectivity index (χ1) is 13.0. The lowest BCUT2D eigenvalue weighted by Gasteiger charge is -2.33. The SMILES string of the molecule is C=C(C)CN1CCC(NC(=NC)NCCc2cccc(C(=O)NC)c2)CC1. The summed E-state index contributed by atoms with van der Waals surface area (Å²) in [7, 11) is 3.45. The highest BCUT2D eigenvalue weighted by atomic mass is 16.1. The van der Waals surface area contributed by atoms with Crippen molar-refractivity contribution >= 4 is 11.9 Å². The summed E-state index contributed by atoms with van der Waals surface area (Å²) in [6.07, 6.45) is 3.06. The molecule has 0 atom stereocenters. The van der Waals surface area contributed by atoms with Gasteiger partial charge in [0.2, 0.25) is 0 Å². The molecule has 1 aliphatic rings. The lowest BCUT2D eigenvalue weighted by molar-refractivity contribution is 0.0963. The minimum atomic E-state index is -0.0553. The van der Waals surface area contributed by atoms with Crippen LogP contribution in [-0.2, 0) is 6.42 Å². The van der Waals surface area contributed by atoms with Crippen molar-refractivity contribution in [1.29, 1.82) is 0 Å². The quantitative estimate of drug-likeness (QED) is 0.388. The average Bonchev–Trinajstić information content (AvgIpc) is 2.67.